The van der Waals surface area contributed by atoms with Gasteiger partial charge >= 0.3 is 0 Å². The third-order valence-corrected chi connectivity index (χ3v) is 3.85. The first-order valence-corrected chi connectivity index (χ1v) is 7.74. The molecule has 2 aromatic rings. The Labute approximate surface area is 133 Å². The highest BCUT2D eigenvalue weighted by Gasteiger charge is 2.08. The summed E-state index contributed by atoms with van der Waals surface area (Å²) < 4.78 is 6.17. The number of furan rings is 1. The zero-order chi connectivity index (χ0) is 15.1. The molecule has 21 heavy (non-hydrogen) atoms. The quantitative estimate of drug-likeness (QED) is 0.802. The third kappa shape index (κ3) is 5.36. The standard InChI is InChI=1S/C16H19BrN2O2/c1-12(8-9-13-5-4-10-21-13)18-11-16(20)19-15-7-3-2-6-14(15)17/h2-7,10,12,18H,8-9,11H2,1H3,(H,19,20). The van der Waals surface area contributed by atoms with Crippen molar-refractivity contribution in [2.45, 2.75) is 25.8 Å². The van der Waals surface area contributed by atoms with E-state index in [2.05, 4.69) is 33.5 Å². The highest BCUT2D eigenvalue weighted by molar-refractivity contribution is 9.10. The van der Waals surface area contributed by atoms with Crippen LogP contribution >= 0.6 is 15.9 Å². The Balaban J connectivity index is 1.70. The van der Waals surface area contributed by atoms with Crippen molar-refractivity contribution in [1.82, 2.24) is 5.32 Å². The lowest BCUT2D eigenvalue weighted by Gasteiger charge is -2.13. The van der Waals surface area contributed by atoms with E-state index in [0.29, 0.717) is 6.54 Å². The normalized spacial score (nSPS) is 12.1. The van der Waals surface area contributed by atoms with Gasteiger partial charge in [-0.2, -0.15) is 0 Å². The molecule has 1 amide bonds. The molecular weight excluding hydrogens is 332 g/mol. The van der Waals surface area contributed by atoms with Crippen LogP contribution in [0.1, 0.15) is 19.1 Å². The van der Waals surface area contributed by atoms with Crippen LogP contribution < -0.4 is 10.6 Å². The molecule has 1 aromatic carbocycles. The summed E-state index contributed by atoms with van der Waals surface area (Å²) in [6.45, 7) is 2.36. The average molecular weight is 351 g/mol. The Hall–Kier alpha value is -1.59. The molecule has 2 N–H and O–H groups in total. The molecule has 0 saturated carbocycles. The summed E-state index contributed by atoms with van der Waals surface area (Å²) in [5, 5.41) is 6.08. The number of hydrogen-bond acceptors (Lipinski definition) is 3. The maximum atomic E-state index is 11.9. The summed E-state index contributed by atoms with van der Waals surface area (Å²) in [7, 11) is 0. The Morgan fingerprint density at radius 3 is 2.81 bits per heavy atom. The summed E-state index contributed by atoms with van der Waals surface area (Å²) >= 11 is 3.41. The highest BCUT2D eigenvalue weighted by Crippen LogP contribution is 2.20. The number of anilines is 1. The SMILES string of the molecule is CC(CCc1ccco1)NCC(=O)Nc1ccccc1Br. The molecule has 0 radical (unpaired) electrons. The van der Waals surface area contributed by atoms with Crippen LogP contribution in [0, 0.1) is 0 Å². The molecule has 0 fully saturated rings. The summed E-state index contributed by atoms with van der Waals surface area (Å²) in [6.07, 6.45) is 3.47. The van der Waals surface area contributed by atoms with Crippen LogP contribution in [0.3, 0.4) is 0 Å². The number of nitrogens with one attached hydrogen (secondary N) is 2. The fourth-order valence-corrected chi connectivity index (χ4v) is 2.32. The molecule has 4 nitrogen and oxygen atoms in total. The lowest BCUT2D eigenvalue weighted by atomic mass is 10.1. The van der Waals surface area contributed by atoms with Gasteiger partial charge in [0.05, 0.1) is 18.5 Å². The van der Waals surface area contributed by atoms with Gasteiger partial charge in [0.15, 0.2) is 0 Å². The monoisotopic (exact) mass is 350 g/mol. The zero-order valence-corrected chi connectivity index (χ0v) is 13.5. The van der Waals surface area contributed by atoms with Gasteiger partial charge in [-0.15, -0.1) is 0 Å². The molecule has 0 aliphatic heterocycles. The second kappa shape index (κ2) is 8.00. The number of aryl methyl sites for hydroxylation is 1. The van der Waals surface area contributed by atoms with E-state index in [4.69, 9.17) is 4.42 Å². The van der Waals surface area contributed by atoms with Crippen molar-refractivity contribution in [2.75, 3.05) is 11.9 Å². The van der Waals surface area contributed by atoms with Gasteiger partial charge in [0.25, 0.3) is 0 Å². The van der Waals surface area contributed by atoms with Crippen molar-refractivity contribution < 1.29 is 9.21 Å². The maximum Gasteiger partial charge on any atom is 0.238 e. The van der Waals surface area contributed by atoms with Gasteiger partial charge in [0.1, 0.15) is 5.76 Å². The molecule has 0 aliphatic carbocycles. The lowest BCUT2D eigenvalue weighted by molar-refractivity contribution is -0.115. The third-order valence-electron chi connectivity index (χ3n) is 3.16. The van der Waals surface area contributed by atoms with Gasteiger partial charge in [-0.1, -0.05) is 12.1 Å². The number of hydrogen-bond donors (Lipinski definition) is 2. The van der Waals surface area contributed by atoms with Crippen LogP contribution in [0.25, 0.3) is 0 Å². The number of carbonyl (C=O) groups excluding carboxylic acids is 1. The molecule has 1 heterocycles. The van der Waals surface area contributed by atoms with Crippen LogP contribution in [-0.2, 0) is 11.2 Å². The van der Waals surface area contributed by atoms with Gasteiger partial charge in [-0.3, -0.25) is 4.79 Å². The summed E-state index contributed by atoms with van der Waals surface area (Å²) in [5.41, 5.74) is 0.785. The van der Waals surface area contributed by atoms with Gasteiger partial charge in [-0.25, -0.2) is 0 Å². The van der Waals surface area contributed by atoms with Crippen molar-refractivity contribution >= 4 is 27.5 Å². The van der Waals surface area contributed by atoms with E-state index in [-0.39, 0.29) is 11.9 Å². The number of halogens is 1. The van der Waals surface area contributed by atoms with Crippen LogP contribution in [0.2, 0.25) is 0 Å². The van der Waals surface area contributed by atoms with Crippen LogP contribution in [0.4, 0.5) is 5.69 Å². The molecule has 1 aromatic heterocycles. The first-order valence-electron chi connectivity index (χ1n) is 6.95. The van der Waals surface area contributed by atoms with Crippen molar-refractivity contribution in [3.63, 3.8) is 0 Å². The Bertz CT molecular complexity index is 569. The van der Waals surface area contributed by atoms with Crippen LogP contribution in [0.5, 0.6) is 0 Å². The molecule has 1 atom stereocenters. The molecule has 2 rings (SSSR count). The fourth-order valence-electron chi connectivity index (χ4n) is 1.94. The molecule has 0 saturated heterocycles. The highest BCUT2D eigenvalue weighted by atomic mass is 79.9. The van der Waals surface area contributed by atoms with E-state index < -0.39 is 0 Å². The molecule has 112 valence electrons. The average Bonchev–Trinajstić information content (AvgIpc) is 2.99. The second-order valence-corrected chi connectivity index (χ2v) is 5.78. The van der Waals surface area contributed by atoms with Crippen molar-refractivity contribution in [3.05, 3.63) is 52.9 Å². The van der Waals surface area contributed by atoms with Crippen LogP contribution in [-0.4, -0.2) is 18.5 Å². The van der Waals surface area contributed by atoms with Gasteiger partial charge in [0.2, 0.25) is 5.91 Å². The van der Waals surface area contributed by atoms with E-state index in [0.717, 1.165) is 28.8 Å². The topological polar surface area (TPSA) is 54.3 Å². The number of amides is 1. The van der Waals surface area contributed by atoms with Crippen molar-refractivity contribution in [3.8, 4) is 0 Å². The number of rotatable bonds is 7. The summed E-state index contributed by atoms with van der Waals surface area (Å²) in [6, 6.07) is 11.7. The molecule has 0 aliphatic rings. The Morgan fingerprint density at radius 1 is 1.29 bits per heavy atom. The van der Waals surface area contributed by atoms with Crippen LogP contribution in [0.15, 0.2) is 51.6 Å². The van der Waals surface area contributed by atoms with E-state index in [1.807, 2.05) is 36.4 Å². The summed E-state index contributed by atoms with van der Waals surface area (Å²) in [4.78, 5) is 11.9. The van der Waals surface area contributed by atoms with Gasteiger partial charge in [-0.05, 0) is 53.5 Å². The van der Waals surface area contributed by atoms with Gasteiger partial charge < -0.3 is 15.1 Å². The molecular formula is C16H19BrN2O2. The first kappa shape index (κ1) is 15.8. The van der Waals surface area contributed by atoms with E-state index in [9.17, 15) is 4.79 Å². The van der Waals surface area contributed by atoms with E-state index in [1.54, 1.807) is 6.26 Å². The number of benzene rings is 1. The predicted molar refractivity (Wildman–Crippen MR) is 87.3 cm³/mol. The first-order chi connectivity index (χ1) is 10.1. The molecule has 0 spiro atoms. The minimum absolute atomic E-state index is 0.0493. The largest absolute Gasteiger partial charge is 0.469 e. The summed E-state index contributed by atoms with van der Waals surface area (Å²) in [5.74, 6) is 0.924. The number of carbonyl (C=O) groups is 1. The van der Waals surface area contributed by atoms with E-state index in [1.165, 1.54) is 0 Å². The smallest absolute Gasteiger partial charge is 0.238 e. The zero-order valence-electron chi connectivity index (χ0n) is 11.9. The Kier molecular flexibility index (Phi) is 6.02. The van der Waals surface area contributed by atoms with Crippen molar-refractivity contribution in [2.24, 2.45) is 0 Å². The maximum absolute atomic E-state index is 11.9. The van der Waals surface area contributed by atoms with E-state index >= 15 is 0 Å². The molecule has 5 heteroatoms. The Morgan fingerprint density at radius 2 is 2.10 bits per heavy atom. The molecule has 1 unspecified atom stereocenters. The minimum Gasteiger partial charge on any atom is -0.469 e. The number of para-hydroxylation sites is 1. The van der Waals surface area contributed by atoms with Gasteiger partial charge in [0, 0.05) is 16.9 Å². The fraction of sp³-hybridized carbons (Fsp3) is 0.312. The lowest BCUT2D eigenvalue weighted by Crippen LogP contribution is -2.34. The minimum atomic E-state index is -0.0493. The predicted octanol–water partition coefficient (Wildman–Crippen LogP) is 3.59. The van der Waals surface area contributed by atoms with Crippen molar-refractivity contribution in [1.29, 1.82) is 0 Å². The molecule has 0 bridgehead atoms. The second-order valence-electron chi connectivity index (χ2n) is 4.93.